The molecule has 0 aliphatic carbocycles. The summed E-state index contributed by atoms with van der Waals surface area (Å²) in [5, 5.41) is 14.6. The van der Waals surface area contributed by atoms with Gasteiger partial charge in [0.2, 0.25) is 0 Å². The number of carbonyl (C=O) groups is 1. The van der Waals surface area contributed by atoms with Crippen LogP contribution >= 0.6 is 0 Å². The number of hydrogen-bond acceptors (Lipinski definition) is 5. The summed E-state index contributed by atoms with van der Waals surface area (Å²) in [4.78, 5) is 15.0. The summed E-state index contributed by atoms with van der Waals surface area (Å²) in [6, 6.07) is 17.7. The van der Waals surface area contributed by atoms with Crippen LogP contribution in [0.3, 0.4) is 0 Å². The Morgan fingerprint density at radius 2 is 1.79 bits per heavy atom. The van der Waals surface area contributed by atoms with Crippen LogP contribution in [0.2, 0.25) is 0 Å². The fraction of sp³-hybridized carbons (Fsp3) is 0.407. The third kappa shape index (κ3) is 4.67. The molecule has 1 N–H and O–H groups in total. The van der Waals surface area contributed by atoms with Crippen LogP contribution in [0.1, 0.15) is 62.2 Å². The van der Waals surface area contributed by atoms with Gasteiger partial charge in [-0.25, -0.2) is 4.79 Å². The Hall–Kier alpha value is -3.12. The number of cyclic esters (lactones) is 1. The van der Waals surface area contributed by atoms with Crippen molar-refractivity contribution in [3.8, 4) is 11.1 Å². The molecule has 1 saturated heterocycles. The van der Waals surface area contributed by atoms with Crippen molar-refractivity contribution in [3.05, 3.63) is 77.2 Å². The van der Waals surface area contributed by atoms with Crippen LogP contribution in [0.15, 0.2) is 59.1 Å². The van der Waals surface area contributed by atoms with Crippen molar-refractivity contribution >= 4 is 6.09 Å². The molecule has 0 unspecified atom stereocenters. The Morgan fingerprint density at radius 3 is 2.33 bits per heavy atom. The van der Waals surface area contributed by atoms with Gasteiger partial charge >= 0.3 is 6.09 Å². The molecule has 2 atom stereocenters. The van der Waals surface area contributed by atoms with Crippen molar-refractivity contribution in [3.63, 3.8) is 0 Å². The molecular formula is C27H32N2O4. The zero-order chi connectivity index (χ0) is 23.8. The van der Waals surface area contributed by atoms with Gasteiger partial charge in [-0.3, -0.25) is 0 Å². The van der Waals surface area contributed by atoms with Gasteiger partial charge in [0, 0.05) is 24.9 Å². The van der Waals surface area contributed by atoms with E-state index in [9.17, 15) is 9.90 Å². The minimum Gasteiger partial charge on any atom is -0.438 e. The van der Waals surface area contributed by atoms with Gasteiger partial charge in [0.05, 0.1) is 17.3 Å². The van der Waals surface area contributed by atoms with E-state index in [2.05, 4.69) is 5.16 Å². The molecular weight excluding hydrogens is 416 g/mol. The van der Waals surface area contributed by atoms with Gasteiger partial charge in [0.15, 0.2) is 0 Å². The van der Waals surface area contributed by atoms with E-state index >= 15 is 0 Å². The summed E-state index contributed by atoms with van der Waals surface area (Å²) >= 11 is 0. The summed E-state index contributed by atoms with van der Waals surface area (Å²) < 4.78 is 11.4. The molecule has 0 radical (unpaired) electrons. The number of aliphatic hydroxyl groups is 1. The van der Waals surface area contributed by atoms with Gasteiger partial charge in [0.1, 0.15) is 11.4 Å². The lowest BCUT2D eigenvalue weighted by Crippen LogP contribution is -2.51. The Morgan fingerprint density at radius 1 is 1.12 bits per heavy atom. The number of nitrogens with zero attached hydrogens (tertiary/aromatic N) is 2. The first-order valence-corrected chi connectivity index (χ1v) is 11.4. The second-order valence-electron chi connectivity index (χ2n) is 9.66. The lowest BCUT2D eigenvalue weighted by molar-refractivity contribution is -0.101. The third-order valence-electron chi connectivity index (χ3n) is 6.47. The minimum atomic E-state index is -0.974. The summed E-state index contributed by atoms with van der Waals surface area (Å²) in [6.07, 6.45) is 0.579. The predicted octanol–water partition coefficient (Wildman–Crippen LogP) is 5.92. The van der Waals surface area contributed by atoms with E-state index in [4.69, 9.17) is 9.26 Å². The van der Waals surface area contributed by atoms with Crippen LogP contribution < -0.4 is 0 Å². The largest absolute Gasteiger partial charge is 0.438 e. The molecule has 6 heteroatoms. The highest BCUT2D eigenvalue weighted by Crippen LogP contribution is 2.42. The van der Waals surface area contributed by atoms with Gasteiger partial charge in [0.25, 0.3) is 0 Å². The molecule has 1 aromatic heterocycles. The summed E-state index contributed by atoms with van der Waals surface area (Å²) in [5.41, 5.74) is 3.02. The standard InChI is InChI=1S/C27H32N2O4/c1-18-24(20(3)33-28-18)22-13-11-21(12-14-22)19(2)29-16-15-27(32-25(29)30,17-26(4,5)31)23-9-7-6-8-10-23/h6-14,19,31H,15-17H2,1-5H3/t19-,27-/m0/s1. The second-order valence-corrected chi connectivity index (χ2v) is 9.66. The molecule has 0 bridgehead atoms. The van der Waals surface area contributed by atoms with Crippen LogP contribution in [0.4, 0.5) is 4.79 Å². The molecule has 1 fully saturated rings. The van der Waals surface area contributed by atoms with Gasteiger partial charge in [-0.05, 0) is 51.3 Å². The molecule has 4 rings (SSSR count). The Balaban J connectivity index is 1.55. The van der Waals surface area contributed by atoms with E-state index in [1.54, 1.807) is 18.7 Å². The van der Waals surface area contributed by atoms with Crippen molar-refractivity contribution in [1.29, 1.82) is 0 Å². The van der Waals surface area contributed by atoms with Crippen LogP contribution in [0, 0.1) is 13.8 Å². The zero-order valence-electron chi connectivity index (χ0n) is 20.0. The van der Waals surface area contributed by atoms with E-state index in [1.807, 2.05) is 75.4 Å². The van der Waals surface area contributed by atoms with Gasteiger partial charge in [-0.1, -0.05) is 59.8 Å². The van der Waals surface area contributed by atoms with E-state index in [0.717, 1.165) is 33.7 Å². The van der Waals surface area contributed by atoms with Crippen LogP contribution in [-0.4, -0.2) is 33.4 Å². The number of hydrogen-bond donors (Lipinski definition) is 1. The number of carbonyl (C=O) groups excluding carboxylic acids is 1. The maximum Gasteiger partial charge on any atom is 0.411 e. The van der Waals surface area contributed by atoms with Crippen molar-refractivity contribution in [2.24, 2.45) is 0 Å². The first-order chi connectivity index (χ1) is 15.6. The number of rotatable bonds is 6. The van der Waals surface area contributed by atoms with Gasteiger partial charge in [-0.15, -0.1) is 0 Å². The molecule has 33 heavy (non-hydrogen) atoms. The summed E-state index contributed by atoms with van der Waals surface area (Å²) in [7, 11) is 0. The average molecular weight is 449 g/mol. The number of benzene rings is 2. The summed E-state index contributed by atoms with van der Waals surface area (Å²) in [6.45, 7) is 9.89. The molecule has 1 amide bonds. The molecule has 1 aliphatic rings. The van der Waals surface area contributed by atoms with E-state index in [1.165, 1.54) is 0 Å². The highest BCUT2D eigenvalue weighted by atomic mass is 16.6. The fourth-order valence-corrected chi connectivity index (χ4v) is 4.89. The molecule has 1 aliphatic heterocycles. The SMILES string of the molecule is Cc1noc(C)c1-c1ccc([C@H](C)N2CC[C@](CC(C)(C)O)(c3ccccc3)OC2=O)cc1. The summed E-state index contributed by atoms with van der Waals surface area (Å²) in [5.74, 6) is 0.789. The molecule has 6 nitrogen and oxygen atoms in total. The first-order valence-electron chi connectivity index (χ1n) is 11.4. The molecule has 3 aromatic rings. The van der Waals surface area contributed by atoms with Gasteiger partial charge < -0.3 is 19.3 Å². The molecule has 0 spiro atoms. The third-order valence-corrected chi connectivity index (χ3v) is 6.47. The molecule has 2 heterocycles. The lowest BCUT2D eigenvalue weighted by atomic mass is 9.80. The Kier molecular flexibility index (Phi) is 6.06. The maximum absolute atomic E-state index is 13.2. The van der Waals surface area contributed by atoms with Crippen LogP contribution in [0.5, 0.6) is 0 Å². The first kappa shape index (κ1) is 23.1. The van der Waals surface area contributed by atoms with Crippen LogP contribution in [-0.2, 0) is 10.3 Å². The number of amides is 1. The number of aryl methyl sites for hydroxylation is 2. The average Bonchev–Trinajstić information content (AvgIpc) is 3.11. The topological polar surface area (TPSA) is 75.8 Å². The second kappa shape index (κ2) is 8.67. The van der Waals surface area contributed by atoms with Gasteiger partial charge in [-0.2, -0.15) is 0 Å². The highest BCUT2D eigenvalue weighted by molar-refractivity contribution is 5.71. The van der Waals surface area contributed by atoms with Crippen LogP contribution in [0.25, 0.3) is 11.1 Å². The number of ether oxygens (including phenoxy) is 1. The van der Waals surface area contributed by atoms with Crippen molar-refractivity contribution in [2.45, 2.75) is 64.7 Å². The fourth-order valence-electron chi connectivity index (χ4n) is 4.89. The van der Waals surface area contributed by atoms with E-state index in [-0.39, 0.29) is 12.1 Å². The lowest BCUT2D eigenvalue weighted by Gasteiger charge is -2.45. The van der Waals surface area contributed by atoms with E-state index < -0.39 is 11.2 Å². The predicted molar refractivity (Wildman–Crippen MR) is 127 cm³/mol. The minimum absolute atomic E-state index is 0.146. The number of aromatic nitrogens is 1. The Labute approximate surface area is 195 Å². The molecule has 174 valence electrons. The van der Waals surface area contributed by atoms with E-state index in [0.29, 0.717) is 19.4 Å². The Bertz CT molecular complexity index is 1100. The highest BCUT2D eigenvalue weighted by Gasteiger charge is 2.46. The molecule has 0 saturated carbocycles. The molecule has 2 aromatic carbocycles. The maximum atomic E-state index is 13.2. The zero-order valence-corrected chi connectivity index (χ0v) is 20.0. The normalized spacial score (nSPS) is 19.9. The van der Waals surface area contributed by atoms with Crippen molar-refractivity contribution in [2.75, 3.05) is 6.54 Å². The van der Waals surface area contributed by atoms with Crippen molar-refractivity contribution < 1.29 is 19.2 Å². The smallest absolute Gasteiger partial charge is 0.411 e. The quantitative estimate of drug-likeness (QED) is 0.507. The monoisotopic (exact) mass is 448 g/mol. The van der Waals surface area contributed by atoms with Crippen molar-refractivity contribution in [1.82, 2.24) is 10.1 Å².